The highest BCUT2D eigenvalue weighted by Gasteiger charge is 2.45. The van der Waals surface area contributed by atoms with Crippen LogP contribution in [0.2, 0.25) is 0 Å². The Balaban J connectivity index is 1.33. The summed E-state index contributed by atoms with van der Waals surface area (Å²) in [5.41, 5.74) is 0. The van der Waals surface area contributed by atoms with Crippen molar-refractivity contribution in [3.63, 3.8) is 0 Å². The Morgan fingerprint density at radius 2 is 1.93 bits per heavy atom. The van der Waals surface area contributed by atoms with Crippen LogP contribution in [0.3, 0.4) is 0 Å². The van der Waals surface area contributed by atoms with Crippen LogP contribution >= 0.6 is 11.8 Å². The summed E-state index contributed by atoms with van der Waals surface area (Å²) < 4.78 is 5.72. The molecule has 2 fully saturated rings. The van der Waals surface area contributed by atoms with Crippen molar-refractivity contribution >= 4 is 29.6 Å². The first-order valence-corrected chi connectivity index (χ1v) is 10.4. The molecule has 3 aliphatic rings. The lowest BCUT2D eigenvalue weighted by atomic mass is 10.00. The second-order valence-corrected chi connectivity index (χ2v) is 8.25. The molecule has 4 amide bonds. The number of hydrogen-bond donors (Lipinski definition) is 1. The molecule has 4 rings (SSSR count). The zero-order chi connectivity index (χ0) is 19.7. The standard InChI is InChI=1S/C20H23N3O4S/c1-13(27-15-5-3-2-4-6-15)18(24)22-10-7-14(8-11-22)23-19(25)17-16(9-12-28-17)21-20(23)26/h2-6,9,12-14,16-17H,7-8,10-11H2,1H3,(H,21,26). The highest BCUT2D eigenvalue weighted by atomic mass is 32.2. The van der Waals surface area contributed by atoms with Gasteiger partial charge >= 0.3 is 6.03 Å². The molecule has 0 bridgehead atoms. The first kappa shape index (κ1) is 18.9. The summed E-state index contributed by atoms with van der Waals surface area (Å²) in [6, 6.07) is 8.54. The normalized spacial score (nSPS) is 26.0. The minimum absolute atomic E-state index is 0.0765. The molecule has 0 radical (unpaired) electrons. The minimum atomic E-state index is -0.583. The van der Waals surface area contributed by atoms with Gasteiger partial charge in [-0.3, -0.25) is 14.5 Å². The number of likely N-dealkylation sites (tertiary alicyclic amines) is 1. The van der Waals surface area contributed by atoms with E-state index in [1.807, 2.05) is 41.8 Å². The van der Waals surface area contributed by atoms with Crippen LogP contribution < -0.4 is 10.1 Å². The van der Waals surface area contributed by atoms with Gasteiger partial charge in [0.15, 0.2) is 6.10 Å². The van der Waals surface area contributed by atoms with Gasteiger partial charge in [-0.1, -0.05) is 24.3 Å². The molecule has 1 N–H and O–H groups in total. The molecule has 2 saturated heterocycles. The molecular formula is C20H23N3O4S. The topological polar surface area (TPSA) is 79.0 Å². The zero-order valence-electron chi connectivity index (χ0n) is 15.6. The lowest BCUT2D eigenvalue weighted by molar-refractivity contribution is -0.140. The summed E-state index contributed by atoms with van der Waals surface area (Å²) in [5.74, 6) is 0.452. The van der Waals surface area contributed by atoms with Crippen molar-refractivity contribution in [2.75, 3.05) is 13.1 Å². The number of nitrogens with one attached hydrogen (secondary N) is 1. The Morgan fingerprint density at radius 1 is 1.21 bits per heavy atom. The van der Waals surface area contributed by atoms with Gasteiger partial charge in [-0.05, 0) is 37.3 Å². The van der Waals surface area contributed by atoms with Crippen molar-refractivity contribution in [1.82, 2.24) is 15.1 Å². The number of carbonyl (C=O) groups is 3. The Morgan fingerprint density at radius 3 is 2.64 bits per heavy atom. The molecule has 1 aromatic rings. The predicted molar refractivity (Wildman–Crippen MR) is 106 cm³/mol. The van der Waals surface area contributed by atoms with E-state index in [-0.39, 0.29) is 35.2 Å². The predicted octanol–water partition coefficient (Wildman–Crippen LogP) is 1.99. The molecule has 7 nitrogen and oxygen atoms in total. The van der Waals surface area contributed by atoms with E-state index < -0.39 is 6.10 Å². The maximum atomic E-state index is 12.7. The number of urea groups is 1. The molecule has 0 aliphatic carbocycles. The van der Waals surface area contributed by atoms with Crippen molar-refractivity contribution in [2.24, 2.45) is 0 Å². The number of thioether (sulfide) groups is 1. The smallest absolute Gasteiger partial charge is 0.324 e. The zero-order valence-corrected chi connectivity index (χ0v) is 16.4. The largest absolute Gasteiger partial charge is 0.481 e. The lowest BCUT2D eigenvalue weighted by Gasteiger charge is -2.41. The highest BCUT2D eigenvalue weighted by Crippen LogP contribution is 2.32. The number of amides is 4. The summed E-state index contributed by atoms with van der Waals surface area (Å²) >= 11 is 1.45. The van der Waals surface area contributed by atoms with Gasteiger partial charge in [0.25, 0.3) is 5.91 Å². The molecule has 8 heteroatoms. The van der Waals surface area contributed by atoms with Crippen LogP contribution in [0.15, 0.2) is 41.8 Å². The maximum absolute atomic E-state index is 12.7. The molecule has 0 saturated carbocycles. The van der Waals surface area contributed by atoms with Crippen molar-refractivity contribution in [1.29, 1.82) is 0 Å². The number of carbonyl (C=O) groups excluding carboxylic acids is 3. The monoisotopic (exact) mass is 401 g/mol. The van der Waals surface area contributed by atoms with Gasteiger partial charge in [0.05, 0.1) is 6.04 Å². The third kappa shape index (κ3) is 3.61. The van der Waals surface area contributed by atoms with Gasteiger partial charge in [-0.15, -0.1) is 11.8 Å². The van der Waals surface area contributed by atoms with Crippen LogP contribution in [-0.4, -0.2) is 64.2 Å². The van der Waals surface area contributed by atoms with Gasteiger partial charge in [-0.25, -0.2) is 4.79 Å². The van der Waals surface area contributed by atoms with Gasteiger partial charge in [0, 0.05) is 19.1 Å². The Labute approximate surface area is 168 Å². The van der Waals surface area contributed by atoms with Crippen LogP contribution in [0.5, 0.6) is 5.75 Å². The van der Waals surface area contributed by atoms with E-state index in [2.05, 4.69) is 5.32 Å². The first-order chi connectivity index (χ1) is 13.5. The van der Waals surface area contributed by atoms with E-state index in [1.165, 1.54) is 16.7 Å². The van der Waals surface area contributed by atoms with Crippen LogP contribution in [0.1, 0.15) is 19.8 Å². The second-order valence-electron chi connectivity index (χ2n) is 7.20. The minimum Gasteiger partial charge on any atom is -0.481 e. The molecule has 3 aliphatic heterocycles. The summed E-state index contributed by atoms with van der Waals surface area (Å²) in [6.45, 7) is 2.75. The molecule has 0 spiro atoms. The Bertz CT molecular complexity index is 792. The van der Waals surface area contributed by atoms with Crippen molar-refractivity contribution < 1.29 is 19.1 Å². The second kappa shape index (κ2) is 7.87. The first-order valence-electron chi connectivity index (χ1n) is 9.51. The van der Waals surface area contributed by atoms with Gasteiger partial charge < -0.3 is 15.0 Å². The summed E-state index contributed by atoms with van der Waals surface area (Å²) in [6.07, 6.45) is 2.44. The van der Waals surface area contributed by atoms with E-state index >= 15 is 0 Å². The third-order valence-corrected chi connectivity index (χ3v) is 6.47. The van der Waals surface area contributed by atoms with E-state index in [1.54, 1.807) is 11.8 Å². The van der Waals surface area contributed by atoms with Crippen molar-refractivity contribution in [3.05, 3.63) is 41.8 Å². The molecule has 3 atom stereocenters. The van der Waals surface area contributed by atoms with E-state index in [0.29, 0.717) is 31.7 Å². The number of benzene rings is 1. The molecule has 1 aromatic carbocycles. The molecule has 3 unspecified atom stereocenters. The number of hydrogen-bond acceptors (Lipinski definition) is 5. The SMILES string of the molecule is CC(Oc1ccccc1)C(=O)N1CCC(N2C(=O)NC3C=CSC3C2=O)CC1. The highest BCUT2D eigenvalue weighted by molar-refractivity contribution is 8.03. The number of imide groups is 1. The number of para-hydroxylation sites is 1. The van der Waals surface area contributed by atoms with E-state index in [9.17, 15) is 14.4 Å². The maximum Gasteiger partial charge on any atom is 0.324 e. The van der Waals surface area contributed by atoms with Crippen LogP contribution in [0, 0.1) is 0 Å². The average molecular weight is 401 g/mol. The fourth-order valence-electron chi connectivity index (χ4n) is 3.89. The molecule has 28 heavy (non-hydrogen) atoms. The molecular weight excluding hydrogens is 378 g/mol. The van der Waals surface area contributed by atoms with Crippen LogP contribution in [0.25, 0.3) is 0 Å². The Hall–Kier alpha value is -2.48. The lowest BCUT2D eigenvalue weighted by Crippen LogP contribution is -2.64. The van der Waals surface area contributed by atoms with Crippen molar-refractivity contribution in [3.8, 4) is 5.75 Å². The third-order valence-electron chi connectivity index (χ3n) is 5.37. The van der Waals surface area contributed by atoms with Crippen LogP contribution in [-0.2, 0) is 9.59 Å². The number of piperidine rings is 1. The Kier molecular flexibility index (Phi) is 5.30. The fourth-order valence-corrected chi connectivity index (χ4v) is 4.87. The number of rotatable bonds is 4. The summed E-state index contributed by atoms with van der Waals surface area (Å²) in [7, 11) is 0. The average Bonchev–Trinajstić information content (AvgIpc) is 3.17. The van der Waals surface area contributed by atoms with E-state index in [0.717, 1.165) is 0 Å². The molecule has 3 heterocycles. The quantitative estimate of drug-likeness (QED) is 0.835. The summed E-state index contributed by atoms with van der Waals surface area (Å²) in [4.78, 5) is 41.0. The number of fused-ring (bicyclic) bond motifs is 1. The molecule has 0 aromatic heterocycles. The van der Waals surface area contributed by atoms with E-state index in [4.69, 9.17) is 4.74 Å². The summed E-state index contributed by atoms with van der Waals surface area (Å²) in [5, 5.41) is 4.49. The fraction of sp³-hybridized carbons (Fsp3) is 0.450. The van der Waals surface area contributed by atoms with Gasteiger partial charge in [0.2, 0.25) is 5.91 Å². The number of nitrogens with zero attached hydrogens (tertiary/aromatic N) is 2. The van der Waals surface area contributed by atoms with Crippen molar-refractivity contribution in [2.45, 2.75) is 43.2 Å². The van der Waals surface area contributed by atoms with Gasteiger partial charge in [0.1, 0.15) is 11.0 Å². The molecule has 148 valence electrons. The number of ether oxygens (including phenoxy) is 1. The van der Waals surface area contributed by atoms with Gasteiger partial charge in [-0.2, -0.15) is 0 Å². The van der Waals surface area contributed by atoms with Crippen LogP contribution in [0.4, 0.5) is 4.79 Å².